The van der Waals surface area contributed by atoms with Crippen molar-refractivity contribution in [2.24, 2.45) is 5.84 Å². The van der Waals surface area contributed by atoms with Gasteiger partial charge in [0.25, 0.3) is 5.91 Å². The Morgan fingerprint density at radius 2 is 2.15 bits per heavy atom. The molecule has 1 fully saturated rings. The fourth-order valence-electron chi connectivity index (χ4n) is 2.66. The van der Waals surface area contributed by atoms with E-state index in [4.69, 9.17) is 5.84 Å². The van der Waals surface area contributed by atoms with Gasteiger partial charge in [-0.2, -0.15) is 0 Å². The highest BCUT2D eigenvalue weighted by Crippen LogP contribution is 2.34. The molecule has 0 spiro atoms. The lowest BCUT2D eigenvalue weighted by molar-refractivity contribution is 0.0820. The van der Waals surface area contributed by atoms with Gasteiger partial charge in [0.2, 0.25) is 0 Å². The monoisotopic (exact) mass is 276 g/mol. The molecule has 0 atom stereocenters. The van der Waals surface area contributed by atoms with Crippen molar-refractivity contribution in [1.29, 1.82) is 0 Å². The van der Waals surface area contributed by atoms with Gasteiger partial charge >= 0.3 is 0 Å². The standard InChI is InChI=1S/C15H24N4O/c1-3-6-12-9-11(10-13(17-12)19-16)14(20)18-15(4-2)7-5-8-15/h9-10H,3-8,16H2,1-2H3,(H,17,19)(H,18,20). The second-order valence-corrected chi connectivity index (χ2v) is 5.57. The van der Waals surface area contributed by atoms with Crippen molar-refractivity contribution in [3.63, 3.8) is 0 Å². The number of amides is 1. The molecule has 0 unspecified atom stereocenters. The second kappa shape index (κ2) is 6.22. The molecule has 0 aliphatic heterocycles. The third-order valence-electron chi connectivity index (χ3n) is 4.16. The number of aromatic nitrogens is 1. The number of rotatable bonds is 6. The number of hydrogen-bond donors (Lipinski definition) is 3. The van der Waals surface area contributed by atoms with E-state index in [1.165, 1.54) is 6.42 Å². The molecule has 1 aliphatic rings. The van der Waals surface area contributed by atoms with E-state index < -0.39 is 0 Å². The van der Waals surface area contributed by atoms with Crippen molar-refractivity contribution >= 4 is 11.7 Å². The minimum Gasteiger partial charge on any atom is -0.347 e. The van der Waals surface area contributed by atoms with E-state index in [-0.39, 0.29) is 11.4 Å². The highest BCUT2D eigenvalue weighted by Gasteiger charge is 2.36. The Bertz CT molecular complexity index is 477. The van der Waals surface area contributed by atoms with Crippen molar-refractivity contribution in [2.75, 3.05) is 5.43 Å². The third-order valence-corrected chi connectivity index (χ3v) is 4.16. The minimum absolute atomic E-state index is 0.00157. The molecule has 2 rings (SSSR count). The van der Waals surface area contributed by atoms with Gasteiger partial charge in [-0.25, -0.2) is 10.8 Å². The van der Waals surface area contributed by atoms with Gasteiger partial charge in [0.15, 0.2) is 0 Å². The number of carbonyl (C=O) groups is 1. The zero-order valence-corrected chi connectivity index (χ0v) is 12.3. The van der Waals surface area contributed by atoms with Crippen LogP contribution < -0.4 is 16.6 Å². The molecule has 20 heavy (non-hydrogen) atoms. The van der Waals surface area contributed by atoms with Gasteiger partial charge in [0.1, 0.15) is 5.82 Å². The molecule has 0 saturated heterocycles. The lowest BCUT2D eigenvalue weighted by atomic mass is 9.74. The van der Waals surface area contributed by atoms with Gasteiger partial charge in [-0.05, 0) is 44.2 Å². The van der Waals surface area contributed by atoms with Crippen LogP contribution in [0, 0.1) is 0 Å². The Kier molecular flexibility index (Phi) is 4.60. The summed E-state index contributed by atoms with van der Waals surface area (Å²) >= 11 is 0. The van der Waals surface area contributed by atoms with Crippen molar-refractivity contribution in [1.82, 2.24) is 10.3 Å². The molecule has 1 saturated carbocycles. The first-order valence-electron chi connectivity index (χ1n) is 7.42. The van der Waals surface area contributed by atoms with E-state index in [0.717, 1.165) is 37.8 Å². The first kappa shape index (κ1) is 14.8. The van der Waals surface area contributed by atoms with Crippen LogP contribution in [-0.2, 0) is 6.42 Å². The van der Waals surface area contributed by atoms with Crippen LogP contribution in [0.5, 0.6) is 0 Å². The summed E-state index contributed by atoms with van der Waals surface area (Å²) in [6.07, 6.45) is 6.15. The van der Waals surface area contributed by atoms with Crippen LogP contribution in [0.4, 0.5) is 5.82 Å². The van der Waals surface area contributed by atoms with Crippen molar-refractivity contribution in [3.8, 4) is 0 Å². The molecule has 1 heterocycles. The third kappa shape index (κ3) is 3.10. The molecular weight excluding hydrogens is 252 g/mol. The first-order chi connectivity index (χ1) is 9.62. The number of carbonyl (C=O) groups excluding carboxylic acids is 1. The highest BCUT2D eigenvalue weighted by atomic mass is 16.1. The maximum Gasteiger partial charge on any atom is 0.251 e. The average molecular weight is 276 g/mol. The Morgan fingerprint density at radius 1 is 1.40 bits per heavy atom. The smallest absolute Gasteiger partial charge is 0.251 e. The summed E-state index contributed by atoms with van der Waals surface area (Å²) in [7, 11) is 0. The highest BCUT2D eigenvalue weighted by molar-refractivity contribution is 5.95. The van der Waals surface area contributed by atoms with E-state index in [1.807, 2.05) is 6.07 Å². The fourth-order valence-corrected chi connectivity index (χ4v) is 2.66. The average Bonchev–Trinajstić information content (AvgIpc) is 2.42. The zero-order chi connectivity index (χ0) is 14.6. The quantitative estimate of drug-likeness (QED) is 0.550. The number of nitrogen functional groups attached to an aromatic ring is 1. The molecule has 0 bridgehead atoms. The van der Waals surface area contributed by atoms with Crippen LogP contribution in [0.25, 0.3) is 0 Å². The Hall–Kier alpha value is -1.62. The molecule has 4 N–H and O–H groups in total. The van der Waals surface area contributed by atoms with Gasteiger partial charge in [0, 0.05) is 16.8 Å². The number of nitrogens with zero attached hydrogens (tertiary/aromatic N) is 1. The SMILES string of the molecule is CCCc1cc(C(=O)NC2(CC)CCC2)cc(NN)n1. The zero-order valence-electron chi connectivity index (χ0n) is 12.3. The van der Waals surface area contributed by atoms with Gasteiger partial charge in [-0.1, -0.05) is 20.3 Å². The molecule has 1 amide bonds. The van der Waals surface area contributed by atoms with Crippen LogP contribution >= 0.6 is 0 Å². The molecule has 110 valence electrons. The first-order valence-corrected chi connectivity index (χ1v) is 7.42. The number of hydrogen-bond acceptors (Lipinski definition) is 4. The Morgan fingerprint density at radius 3 is 2.65 bits per heavy atom. The predicted molar refractivity (Wildman–Crippen MR) is 80.4 cm³/mol. The predicted octanol–water partition coefficient (Wildman–Crippen LogP) is 2.38. The van der Waals surface area contributed by atoms with Gasteiger partial charge in [0.05, 0.1) is 0 Å². The molecular formula is C15H24N4O. The fraction of sp³-hybridized carbons (Fsp3) is 0.600. The number of anilines is 1. The maximum atomic E-state index is 12.4. The van der Waals surface area contributed by atoms with E-state index in [1.54, 1.807) is 6.07 Å². The number of hydrazine groups is 1. The van der Waals surface area contributed by atoms with Crippen molar-refractivity contribution in [3.05, 3.63) is 23.4 Å². The van der Waals surface area contributed by atoms with E-state index in [2.05, 4.69) is 29.6 Å². The van der Waals surface area contributed by atoms with Crippen molar-refractivity contribution < 1.29 is 4.79 Å². The van der Waals surface area contributed by atoms with E-state index >= 15 is 0 Å². The van der Waals surface area contributed by atoms with Crippen LogP contribution in [0.1, 0.15) is 62.0 Å². The summed E-state index contributed by atoms with van der Waals surface area (Å²) in [5.74, 6) is 5.95. The molecule has 0 radical (unpaired) electrons. The lowest BCUT2D eigenvalue weighted by Gasteiger charge is -2.42. The Labute approximate surface area is 120 Å². The summed E-state index contributed by atoms with van der Waals surface area (Å²) in [6.45, 7) is 4.21. The summed E-state index contributed by atoms with van der Waals surface area (Å²) in [5, 5.41) is 3.18. The van der Waals surface area contributed by atoms with E-state index in [0.29, 0.717) is 11.4 Å². The normalized spacial score (nSPS) is 16.4. The molecule has 1 aliphatic carbocycles. The lowest BCUT2D eigenvalue weighted by Crippen LogP contribution is -2.53. The number of pyridine rings is 1. The number of aryl methyl sites for hydroxylation is 1. The number of nitrogens with two attached hydrogens (primary N) is 1. The molecule has 0 aromatic carbocycles. The number of nitrogens with one attached hydrogen (secondary N) is 2. The Balaban J connectivity index is 2.17. The molecule has 1 aromatic heterocycles. The largest absolute Gasteiger partial charge is 0.347 e. The second-order valence-electron chi connectivity index (χ2n) is 5.57. The van der Waals surface area contributed by atoms with Crippen LogP contribution in [-0.4, -0.2) is 16.4 Å². The van der Waals surface area contributed by atoms with E-state index in [9.17, 15) is 4.79 Å². The summed E-state index contributed by atoms with van der Waals surface area (Å²) < 4.78 is 0. The summed E-state index contributed by atoms with van der Waals surface area (Å²) in [5.41, 5.74) is 4.07. The summed E-state index contributed by atoms with van der Waals surface area (Å²) in [6, 6.07) is 3.57. The van der Waals surface area contributed by atoms with Crippen LogP contribution in [0.15, 0.2) is 12.1 Å². The van der Waals surface area contributed by atoms with Crippen LogP contribution in [0.3, 0.4) is 0 Å². The topological polar surface area (TPSA) is 80.0 Å². The van der Waals surface area contributed by atoms with Gasteiger partial charge in [-0.15, -0.1) is 0 Å². The van der Waals surface area contributed by atoms with Crippen LogP contribution in [0.2, 0.25) is 0 Å². The van der Waals surface area contributed by atoms with Gasteiger partial charge in [-0.3, -0.25) is 4.79 Å². The molecule has 5 heteroatoms. The maximum absolute atomic E-state index is 12.4. The summed E-state index contributed by atoms with van der Waals surface area (Å²) in [4.78, 5) is 16.8. The minimum atomic E-state index is -0.0252. The van der Waals surface area contributed by atoms with Gasteiger partial charge < -0.3 is 10.7 Å². The van der Waals surface area contributed by atoms with Crippen molar-refractivity contribution in [2.45, 2.75) is 57.9 Å². The molecule has 5 nitrogen and oxygen atoms in total. The molecule has 1 aromatic rings.